The predicted molar refractivity (Wildman–Crippen MR) is 102 cm³/mol. The van der Waals surface area contributed by atoms with Crippen molar-refractivity contribution < 1.29 is 9.59 Å². The molecule has 2 N–H and O–H groups in total. The molecule has 0 aliphatic heterocycles. The summed E-state index contributed by atoms with van der Waals surface area (Å²) < 4.78 is 0. The van der Waals surface area contributed by atoms with E-state index < -0.39 is 0 Å². The van der Waals surface area contributed by atoms with E-state index in [9.17, 15) is 9.59 Å². The van der Waals surface area contributed by atoms with Crippen LogP contribution in [-0.4, -0.2) is 30.3 Å². The van der Waals surface area contributed by atoms with E-state index in [1.807, 2.05) is 12.1 Å². The van der Waals surface area contributed by atoms with Gasteiger partial charge in [0, 0.05) is 23.2 Å². The Morgan fingerprint density at radius 1 is 1.20 bits per heavy atom. The zero-order valence-corrected chi connectivity index (χ0v) is 16.3. The fourth-order valence-corrected chi connectivity index (χ4v) is 3.57. The minimum atomic E-state index is -0.126. The molecule has 1 aliphatic rings. The number of carbonyl (C=O) groups is 2. The van der Waals surface area contributed by atoms with Gasteiger partial charge in [0.05, 0.1) is 0 Å². The molecule has 2 rings (SSSR count). The quantitative estimate of drug-likeness (QED) is 0.725. The number of alkyl halides is 1. The minimum absolute atomic E-state index is 0.00320. The van der Waals surface area contributed by atoms with Crippen molar-refractivity contribution in [1.82, 2.24) is 10.6 Å². The van der Waals surface area contributed by atoms with Gasteiger partial charge in [0.1, 0.15) is 5.88 Å². The summed E-state index contributed by atoms with van der Waals surface area (Å²) in [6, 6.07) is 5.68. The summed E-state index contributed by atoms with van der Waals surface area (Å²) in [4.78, 5) is 23.9. The average molecular weight is 385 g/mol. The molecular weight excluding hydrogens is 359 g/mol. The predicted octanol–water partition coefficient (Wildman–Crippen LogP) is 4.11. The van der Waals surface area contributed by atoms with Crippen molar-refractivity contribution in [1.29, 1.82) is 0 Å². The molecule has 138 valence electrons. The number of nitrogens with one attached hydrogen (secondary N) is 2. The second-order valence-corrected chi connectivity index (χ2v) is 7.72. The average Bonchev–Trinajstić information content (AvgIpc) is 2.60. The van der Waals surface area contributed by atoms with Gasteiger partial charge in [0.25, 0.3) is 5.91 Å². The monoisotopic (exact) mass is 384 g/mol. The van der Waals surface area contributed by atoms with Crippen molar-refractivity contribution in [3.8, 4) is 0 Å². The number of carbonyl (C=O) groups excluding carboxylic acids is 2. The molecule has 25 heavy (non-hydrogen) atoms. The summed E-state index contributed by atoms with van der Waals surface area (Å²) in [5, 5.41) is 6.56. The smallest absolute Gasteiger partial charge is 0.251 e. The van der Waals surface area contributed by atoms with Crippen LogP contribution in [0.2, 0.25) is 5.02 Å². The van der Waals surface area contributed by atoms with E-state index >= 15 is 0 Å². The van der Waals surface area contributed by atoms with E-state index in [4.69, 9.17) is 23.2 Å². The van der Waals surface area contributed by atoms with Crippen molar-refractivity contribution in [2.45, 2.75) is 51.5 Å². The molecule has 2 amide bonds. The molecule has 0 spiro atoms. The highest BCUT2D eigenvalue weighted by molar-refractivity contribution is 6.31. The van der Waals surface area contributed by atoms with Crippen LogP contribution in [0.3, 0.4) is 0 Å². The van der Waals surface area contributed by atoms with Gasteiger partial charge in [-0.15, -0.1) is 11.6 Å². The number of rotatable bonds is 6. The Morgan fingerprint density at radius 2 is 1.88 bits per heavy atom. The number of hydrogen-bond donors (Lipinski definition) is 2. The molecule has 0 atom stereocenters. The Balaban J connectivity index is 1.89. The molecule has 1 aromatic carbocycles. The molecule has 4 nitrogen and oxygen atoms in total. The maximum Gasteiger partial charge on any atom is 0.251 e. The molecular formula is C19H26Cl2N2O2. The van der Waals surface area contributed by atoms with Crippen LogP contribution in [0.4, 0.5) is 0 Å². The van der Waals surface area contributed by atoms with E-state index in [0.717, 1.165) is 31.2 Å². The Labute approximate surface area is 159 Å². The Bertz CT molecular complexity index is 611. The third-order valence-electron chi connectivity index (χ3n) is 4.77. The normalized spacial score (nSPS) is 20.4. The van der Waals surface area contributed by atoms with Crippen molar-refractivity contribution >= 4 is 35.0 Å². The lowest BCUT2D eigenvalue weighted by Crippen LogP contribution is -2.40. The van der Waals surface area contributed by atoms with Crippen LogP contribution in [0.25, 0.3) is 0 Å². The summed E-state index contributed by atoms with van der Waals surface area (Å²) in [5.74, 6) is 0.546. The highest BCUT2D eigenvalue weighted by Gasteiger charge is 2.24. The lowest BCUT2D eigenvalue weighted by Gasteiger charge is -2.29. The molecule has 0 aromatic heterocycles. The third-order valence-corrected chi connectivity index (χ3v) is 5.25. The van der Waals surface area contributed by atoms with Gasteiger partial charge in [-0.3, -0.25) is 9.59 Å². The first-order chi connectivity index (χ1) is 11.9. The molecule has 0 saturated heterocycles. The maximum absolute atomic E-state index is 12.7. The molecule has 1 aliphatic carbocycles. The van der Waals surface area contributed by atoms with Gasteiger partial charge in [0.2, 0.25) is 5.91 Å². The van der Waals surface area contributed by atoms with Gasteiger partial charge in [-0.2, -0.15) is 0 Å². The van der Waals surface area contributed by atoms with Crippen molar-refractivity contribution in [2.24, 2.45) is 5.92 Å². The largest absolute Gasteiger partial charge is 0.355 e. The molecule has 1 aromatic rings. The Hall–Kier alpha value is -1.26. The highest BCUT2D eigenvalue weighted by atomic mass is 35.5. The Morgan fingerprint density at radius 3 is 2.48 bits per heavy atom. The van der Waals surface area contributed by atoms with Gasteiger partial charge in [-0.1, -0.05) is 31.5 Å². The second-order valence-electron chi connectivity index (χ2n) is 7.02. The van der Waals surface area contributed by atoms with Crippen LogP contribution in [0.5, 0.6) is 0 Å². The Kier molecular flexibility index (Phi) is 7.57. The van der Waals surface area contributed by atoms with Gasteiger partial charge in [-0.05, 0) is 55.2 Å². The van der Waals surface area contributed by atoms with Crippen LogP contribution < -0.4 is 10.6 Å². The summed E-state index contributed by atoms with van der Waals surface area (Å²) in [5.41, 5.74) is 1.68. The zero-order chi connectivity index (χ0) is 18.4. The number of halogens is 2. The van der Waals surface area contributed by atoms with Gasteiger partial charge >= 0.3 is 0 Å². The third kappa shape index (κ3) is 5.89. The lowest BCUT2D eigenvalue weighted by molar-refractivity contribution is -0.118. The minimum Gasteiger partial charge on any atom is -0.355 e. The molecule has 1 saturated carbocycles. The van der Waals surface area contributed by atoms with Gasteiger partial charge in [-0.25, -0.2) is 0 Å². The standard InChI is InChI=1S/C19H26Cl2N2O2/c1-12(2)16-8-5-14(21)9-17(16)19(25)23-15-6-3-13(4-7-15)11-22-18(24)10-20/h5,8-9,12-13,15H,3-4,6-7,10-11H2,1-2H3,(H,22,24)(H,23,25). The zero-order valence-electron chi connectivity index (χ0n) is 14.8. The molecule has 0 radical (unpaired) electrons. The highest BCUT2D eigenvalue weighted by Crippen LogP contribution is 2.26. The van der Waals surface area contributed by atoms with E-state index in [0.29, 0.717) is 23.0 Å². The summed E-state index contributed by atoms with van der Waals surface area (Å²) in [7, 11) is 0. The lowest BCUT2D eigenvalue weighted by atomic mass is 9.85. The van der Waals surface area contributed by atoms with Crippen LogP contribution in [-0.2, 0) is 4.79 Å². The molecule has 0 heterocycles. The molecule has 1 fully saturated rings. The van der Waals surface area contributed by atoms with Gasteiger partial charge < -0.3 is 10.6 Å². The van der Waals surface area contributed by atoms with Gasteiger partial charge in [0.15, 0.2) is 0 Å². The topological polar surface area (TPSA) is 58.2 Å². The number of hydrogen-bond acceptors (Lipinski definition) is 2. The summed E-state index contributed by atoms with van der Waals surface area (Å²) in [6.07, 6.45) is 3.82. The van der Waals surface area contributed by atoms with E-state index in [2.05, 4.69) is 24.5 Å². The van der Waals surface area contributed by atoms with Crippen LogP contribution in [0.1, 0.15) is 61.4 Å². The fraction of sp³-hybridized carbons (Fsp3) is 0.579. The molecule has 0 unspecified atom stereocenters. The maximum atomic E-state index is 12.7. The van der Waals surface area contributed by atoms with Crippen molar-refractivity contribution in [3.05, 3.63) is 34.3 Å². The molecule has 0 bridgehead atoms. The van der Waals surface area contributed by atoms with Crippen LogP contribution in [0, 0.1) is 5.92 Å². The van der Waals surface area contributed by atoms with E-state index in [1.165, 1.54) is 0 Å². The van der Waals surface area contributed by atoms with E-state index in [-0.39, 0.29) is 29.7 Å². The van der Waals surface area contributed by atoms with Crippen molar-refractivity contribution in [3.63, 3.8) is 0 Å². The molecule has 6 heteroatoms. The second kappa shape index (κ2) is 9.44. The number of benzene rings is 1. The van der Waals surface area contributed by atoms with E-state index in [1.54, 1.807) is 6.07 Å². The summed E-state index contributed by atoms with van der Waals surface area (Å²) >= 11 is 11.6. The SMILES string of the molecule is CC(C)c1ccc(Cl)cc1C(=O)NC1CCC(CNC(=O)CCl)CC1. The summed E-state index contributed by atoms with van der Waals surface area (Å²) in [6.45, 7) is 4.80. The fourth-order valence-electron chi connectivity index (χ4n) is 3.31. The van der Waals surface area contributed by atoms with Crippen LogP contribution in [0.15, 0.2) is 18.2 Å². The van der Waals surface area contributed by atoms with Crippen LogP contribution >= 0.6 is 23.2 Å². The first-order valence-electron chi connectivity index (χ1n) is 8.83. The van der Waals surface area contributed by atoms with Crippen molar-refractivity contribution in [2.75, 3.05) is 12.4 Å². The number of amides is 2. The first-order valence-corrected chi connectivity index (χ1v) is 9.75. The first kappa shape index (κ1) is 20.1.